The number of hydrogen-bond donors (Lipinski definition) is 1. The van der Waals surface area contributed by atoms with Gasteiger partial charge in [-0.15, -0.1) is 0 Å². The van der Waals surface area contributed by atoms with Crippen LogP contribution in [0.2, 0.25) is 0 Å². The van der Waals surface area contributed by atoms with Crippen molar-refractivity contribution >= 4 is 33.4 Å². The van der Waals surface area contributed by atoms with Crippen molar-refractivity contribution in [2.45, 2.75) is 32.9 Å². The summed E-state index contributed by atoms with van der Waals surface area (Å²) in [5.74, 6) is 0.566. The van der Waals surface area contributed by atoms with Gasteiger partial charge in [0.05, 0.1) is 0 Å². The molecule has 0 fully saturated rings. The van der Waals surface area contributed by atoms with E-state index in [1.54, 1.807) is 0 Å². The lowest BCUT2D eigenvalue weighted by molar-refractivity contribution is -0.122. The molecule has 28 heavy (non-hydrogen) atoms. The highest BCUT2D eigenvalue weighted by Crippen LogP contribution is 2.31. The van der Waals surface area contributed by atoms with E-state index in [4.69, 9.17) is 4.74 Å². The number of ether oxygens (including phenoxy) is 1. The lowest BCUT2D eigenvalue weighted by Gasteiger charge is -2.17. The average molecular weight is 372 g/mol. The third-order valence-electron chi connectivity index (χ3n) is 5.04. The number of aryl methyl sites for hydroxylation is 1. The maximum absolute atomic E-state index is 12.8. The number of carbonyl (C=O) groups excluding carboxylic acids is 1. The van der Waals surface area contributed by atoms with Crippen LogP contribution in [-0.2, 0) is 11.3 Å². The molecule has 1 amide bonds. The second kappa shape index (κ2) is 7.77. The van der Waals surface area contributed by atoms with E-state index in [-0.39, 0.29) is 5.91 Å². The van der Waals surface area contributed by atoms with E-state index in [1.165, 1.54) is 16.4 Å². The number of carbonyl (C=O) groups is 1. The van der Waals surface area contributed by atoms with Gasteiger partial charge < -0.3 is 14.6 Å². The molecule has 3 aromatic carbocycles. The fourth-order valence-electron chi connectivity index (χ4n) is 3.68. The van der Waals surface area contributed by atoms with Crippen molar-refractivity contribution in [3.8, 4) is 5.75 Å². The molecule has 0 aliphatic carbocycles. The molecule has 4 rings (SSSR count). The third-order valence-corrected chi connectivity index (χ3v) is 5.04. The predicted octanol–water partition coefficient (Wildman–Crippen LogP) is 5.61. The zero-order valence-corrected chi connectivity index (χ0v) is 16.2. The van der Waals surface area contributed by atoms with Gasteiger partial charge in [0.2, 0.25) is 0 Å². The first-order valence-corrected chi connectivity index (χ1v) is 9.74. The van der Waals surface area contributed by atoms with E-state index in [2.05, 4.69) is 47.1 Å². The first-order valence-electron chi connectivity index (χ1n) is 9.74. The molecule has 142 valence electrons. The van der Waals surface area contributed by atoms with Crippen LogP contribution >= 0.6 is 0 Å². The van der Waals surface area contributed by atoms with Crippen LogP contribution in [0.1, 0.15) is 20.3 Å². The monoisotopic (exact) mass is 372 g/mol. The number of hydrogen-bond acceptors (Lipinski definition) is 2. The first-order chi connectivity index (χ1) is 13.7. The Morgan fingerprint density at radius 2 is 1.64 bits per heavy atom. The fraction of sp³-hybridized carbons (Fsp3) is 0.208. The Kier molecular flexibility index (Phi) is 5.02. The summed E-state index contributed by atoms with van der Waals surface area (Å²) in [6.45, 7) is 5.00. The van der Waals surface area contributed by atoms with Gasteiger partial charge in [-0.1, -0.05) is 43.3 Å². The van der Waals surface area contributed by atoms with Gasteiger partial charge in [-0.25, -0.2) is 0 Å². The minimum absolute atomic E-state index is 0.134. The Balaban J connectivity index is 1.62. The van der Waals surface area contributed by atoms with Crippen LogP contribution in [0.4, 0.5) is 5.69 Å². The summed E-state index contributed by atoms with van der Waals surface area (Å²) in [7, 11) is 0. The summed E-state index contributed by atoms with van der Waals surface area (Å²) < 4.78 is 8.16. The van der Waals surface area contributed by atoms with E-state index >= 15 is 0 Å². The molecule has 1 N–H and O–H groups in total. The van der Waals surface area contributed by atoms with Crippen LogP contribution in [-0.4, -0.2) is 16.6 Å². The number of aromatic nitrogens is 1. The van der Waals surface area contributed by atoms with Crippen molar-refractivity contribution < 1.29 is 9.53 Å². The van der Waals surface area contributed by atoms with Gasteiger partial charge in [0.25, 0.3) is 5.91 Å². The predicted molar refractivity (Wildman–Crippen MR) is 115 cm³/mol. The average Bonchev–Trinajstić information content (AvgIpc) is 3.05. The van der Waals surface area contributed by atoms with Crippen LogP contribution in [0.25, 0.3) is 21.8 Å². The van der Waals surface area contributed by atoms with Gasteiger partial charge in [-0.2, -0.15) is 0 Å². The molecule has 0 bridgehead atoms. The van der Waals surface area contributed by atoms with Crippen molar-refractivity contribution in [1.29, 1.82) is 0 Å². The minimum Gasteiger partial charge on any atom is -0.481 e. The topological polar surface area (TPSA) is 43.3 Å². The van der Waals surface area contributed by atoms with E-state index in [0.29, 0.717) is 12.2 Å². The Hall–Kier alpha value is -3.27. The number of nitrogens with zero attached hydrogens (tertiary/aromatic N) is 1. The molecule has 0 unspecified atom stereocenters. The van der Waals surface area contributed by atoms with Crippen LogP contribution in [0.15, 0.2) is 72.8 Å². The zero-order chi connectivity index (χ0) is 19.5. The lowest BCUT2D eigenvalue weighted by Crippen LogP contribution is -2.32. The summed E-state index contributed by atoms with van der Waals surface area (Å²) in [5, 5.41) is 5.37. The summed E-state index contributed by atoms with van der Waals surface area (Å²) in [4.78, 5) is 12.8. The first kappa shape index (κ1) is 18.1. The summed E-state index contributed by atoms with van der Waals surface area (Å²) >= 11 is 0. The molecule has 0 saturated heterocycles. The summed E-state index contributed by atoms with van der Waals surface area (Å²) in [6, 6.07) is 23.9. The molecule has 4 aromatic rings. The minimum atomic E-state index is -0.532. The van der Waals surface area contributed by atoms with Crippen molar-refractivity contribution in [3.05, 3.63) is 72.8 Å². The summed E-state index contributed by atoms with van der Waals surface area (Å²) in [6.07, 6.45) is 0.0630. The molecule has 1 aromatic heterocycles. The van der Waals surface area contributed by atoms with Crippen LogP contribution < -0.4 is 10.1 Å². The Labute approximate surface area is 164 Å². The molecule has 4 heteroatoms. The highest BCUT2D eigenvalue weighted by Gasteiger charge is 2.19. The standard InChI is InChI=1S/C24H24N2O2/c1-3-23(28-18-10-6-5-7-11-18)24(27)25-17-14-15-22-20(16-17)19-12-8-9-13-21(19)26(22)4-2/h5-16,23H,3-4H2,1-2H3,(H,25,27)/t23-/m1/s1. The normalized spacial score (nSPS) is 12.2. The van der Waals surface area contributed by atoms with Crippen LogP contribution in [0.5, 0.6) is 5.75 Å². The number of fused-ring (bicyclic) bond motifs is 3. The van der Waals surface area contributed by atoms with Gasteiger partial charge in [0.15, 0.2) is 6.10 Å². The number of amides is 1. The number of nitrogens with one attached hydrogen (secondary N) is 1. The quantitative estimate of drug-likeness (QED) is 0.478. The molecule has 1 atom stereocenters. The second-order valence-electron chi connectivity index (χ2n) is 6.81. The van der Waals surface area contributed by atoms with Gasteiger partial charge in [0, 0.05) is 34.0 Å². The highest BCUT2D eigenvalue weighted by molar-refractivity contribution is 6.10. The number of rotatable bonds is 6. The summed E-state index contributed by atoms with van der Waals surface area (Å²) in [5.41, 5.74) is 3.17. The van der Waals surface area contributed by atoms with Crippen LogP contribution in [0.3, 0.4) is 0 Å². The Morgan fingerprint density at radius 1 is 0.929 bits per heavy atom. The van der Waals surface area contributed by atoms with E-state index < -0.39 is 6.10 Å². The molecule has 0 saturated carbocycles. The largest absolute Gasteiger partial charge is 0.481 e. The number of anilines is 1. The Morgan fingerprint density at radius 3 is 2.39 bits per heavy atom. The molecule has 0 spiro atoms. The van der Waals surface area contributed by atoms with E-state index in [0.717, 1.165) is 17.6 Å². The van der Waals surface area contributed by atoms with E-state index in [9.17, 15) is 4.79 Å². The molecular weight excluding hydrogens is 348 g/mol. The van der Waals surface area contributed by atoms with Crippen LogP contribution in [0, 0.1) is 0 Å². The van der Waals surface area contributed by atoms with Crippen molar-refractivity contribution in [2.75, 3.05) is 5.32 Å². The van der Waals surface area contributed by atoms with Gasteiger partial charge in [-0.3, -0.25) is 4.79 Å². The smallest absolute Gasteiger partial charge is 0.265 e. The second-order valence-corrected chi connectivity index (χ2v) is 6.81. The van der Waals surface area contributed by atoms with Crippen molar-refractivity contribution in [2.24, 2.45) is 0 Å². The van der Waals surface area contributed by atoms with Crippen molar-refractivity contribution in [1.82, 2.24) is 4.57 Å². The van der Waals surface area contributed by atoms with Gasteiger partial charge >= 0.3 is 0 Å². The maximum Gasteiger partial charge on any atom is 0.265 e. The molecule has 0 aliphatic heterocycles. The molecular formula is C24H24N2O2. The van der Waals surface area contributed by atoms with Crippen molar-refractivity contribution in [3.63, 3.8) is 0 Å². The van der Waals surface area contributed by atoms with Gasteiger partial charge in [-0.05, 0) is 49.7 Å². The number of benzene rings is 3. The fourth-order valence-corrected chi connectivity index (χ4v) is 3.68. The molecule has 0 aliphatic rings. The lowest BCUT2D eigenvalue weighted by atomic mass is 10.1. The van der Waals surface area contributed by atoms with Gasteiger partial charge in [0.1, 0.15) is 5.75 Å². The molecule has 1 heterocycles. The third kappa shape index (κ3) is 3.33. The zero-order valence-electron chi connectivity index (χ0n) is 16.2. The Bertz CT molecular complexity index is 1120. The molecule has 0 radical (unpaired) electrons. The van der Waals surface area contributed by atoms with E-state index in [1.807, 2.05) is 49.4 Å². The molecule has 4 nitrogen and oxygen atoms in total. The number of para-hydroxylation sites is 2. The SMILES string of the molecule is CC[C@@H](Oc1ccccc1)C(=O)Nc1ccc2c(c1)c1ccccc1n2CC. The maximum atomic E-state index is 12.8. The highest BCUT2D eigenvalue weighted by atomic mass is 16.5.